The Hall–Kier alpha value is -2.09. The highest BCUT2D eigenvalue weighted by atomic mass is 19.1. The number of hydrogen-bond acceptors (Lipinski definition) is 3. The Labute approximate surface area is 112 Å². The molecular formula is C14H18FN3O. The summed E-state index contributed by atoms with van der Waals surface area (Å²) < 4.78 is 13.4. The minimum atomic E-state index is -0.601. The summed E-state index contributed by atoms with van der Waals surface area (Å²) in [5.74, 6) is -0.672. The lowest BCUT2D eigenvalue weighted by atomic mass is 10.1. The predicted octanol–water partition coefficient (Wildman–Crippen LogP) is 2.42. The maximum Gasteiger partial charge on any atom is 0.256 e. The normalized spacial score (nSPS) is 10.3. The summed E-state index contributed by atoms with van der Waals surface area (Å²) in [6.45, 7) is 4.78. The number of benzene rings is 1. The number of anilines is 1. The quantitative estimate of drug-likeness (QED) is 0.829. The Kier molecular flexibility index (Phi) is 5.31. The molecule has 1 rings (SSSR count). The van der Waals surface area contributed by atoms with Gasteiger partial charge in [-0.15, -0.1) is 0 Å². The van der Waals surface area contributed by atoms with Crippen molar-refractivity contribution in [2.24, 2.45) is 5.92 Å². The van der Waals surface area contributed by atoms with Crippen LogP contribution in [0.1, 0.15) is 30.6 Å². The van der Waals surface area contributed by atoms with Crippen LogP contribution in [0, 0.1) is 23.1 Å². The maximum absolute atomic E-state index is 13.4. The van der Waals surface area contributed by atoms with E-state index < -0.39 is 5.82 Å². The molecule has 4 nitrogen and oxygen atoms in total. The number of hydrogen-bond donors (Lipinski definition) is 1. The molecular weight excluding hydrogens is 245 g/mol. The summed E-state index contributed by atoms with van der Waals surface area (Å²) in [5.41, 5.74) is 5.60. The van der Waals surface area contributed by atoms with E-state index in [4.69, 9.17) is 11.0 Å². The molecule has 0 aliphatic heterocycles. The number of rotatable bonds is 5. The summed E-state index contributed by atoms with van der Waals surface area (Å²) in [6.07, 6.45) is 0.244. The molecule has 0 spiro atoms. The van der Waals surface area contributed by atoms with Crippen LogP contribution in [-0.2, 0) is 0 Å². The van der Waals surface area contributed by atoms with Crippen LogP contribution in [-0.4, -0.2) is 23.9 Å². The van der Waals surface area contributed by atoms with Gasteiger partial charge in [0.05, 0.1) is 23.7 Å². The second kappa shape index (κ2) is 6.74. The summed E-state index contributed by atoms with van der Waals surface area (Å²) in [6, 6.07) is 6.18. The Morgan fingerprint density at radius 2 is 2.21 bits per heavy atom. The molecule has 0 fully saturated rings. The van der Waals surface area contributed by atoms with Gasteiger partial charge in [0.2, 0.25) is 0 Å². The van der Waals surface area contributed by atoms with Gasteiger partial charge in [0.25, 0.3) is 5.91 Å². The van der Waals surface area contributed by atoms with E-state index in [1.807, 2.05) is 19.9 Å². The fraction of sp³-hybridized carbons (Fsp3) is 0.429. The number of nitrogens with two attached hydrogens (primary N) is 1. The molecule has 0 saturated heterocycles. The molecule has 5 heteroatoms. The minimum absolute atomic E-state index is 0.141. The zero-order valence-electron chi connectivity index (χ0n) is 11.2. The Bertz CT molecular complexity index is 494. The molecule has 0 heterocycles. The van der Waals surface area contributed by atoms with Crippen molar-refractivity contribution in [3.63, 3.8) is 0 Å². The van der Waals surface area contributed by atoms with E-state index in [1.165, 1.54) is 18.2 Å². The molecule has 0 aliphatic carbocycles. The van der Waals surface area contributed by atoms with Crippen LogP contribution < -0.4 is 5.73 Å². The number of nitriles is 1. The van der Waals surface area contributed by atoms with Gasteiger partial charge in [0, 0.05) is 13.1 Å². The SMILES string of the molecule is CC(C)CN(CCC#N)C(=O)c1cccc(F)c1N. The third-order valence-corrected chi connectivity index (χ3v) is 2.65. The summed E-state index contributed by atoms with van der Waals surface area (Å²) in [4.78, 5) is 13.9. The van der Waals surface area contributed by atoms with Crippen molar-refractivity contribution in [1.82, 2.24) is 4.90 Å². The van der Waals surface area contributed by atoms with Crippen molar-refractivity contribution in [1.29, 1.82) is 5.26 Å². The largest absolute Gasteiger partial charge is 0.396 e. The minimum Gasteiger partial charge on any atom is -0.396 e. The Morgan fingerprint density at radius 3 is 2.79 bits per heavy atom. The standard InChI is InChI=1S/C14H18FN3O/c1-10(2)9-18(8-4-7-16)14(19)11-5-3-6-12(15)13(11)17/h3,5-6,10H,4,8-9,17H2,1-2H3. The van der Waals surface area contributed by atoms with E-state index >= 15 is 0 Å². The Balaban J connectivity index is 2.98. The van der Waals surface area contributed by atoms with Gasteiger partial charge < -0.3 is 10.6 Å². The van der Waals surface area contributed by atoms with Gasteiger partial charge in [-0.3, -0.25) is 4.79 Å². The first-order valence-electron chi connectivity index (χ1n) is 6.17. The van der Waals surface area contributed by atoms with Gasteiger partial charge >= 0.3 is 0 Å². The second-order valence-corrected chi connectivity index (χ2v) is 4.75. The highest BCUT2D eigenvalue weighted by molar-refractivity contribution is 5.99. The molecule has 0 radical (unpaired) electrons. The predicted molar refractivity (Wildman–Crippen MR) is 71.8 cm³/mol. The third-order valence-electron chi connectivity index (χ3n) is 2.65. The lowest BCUT2D eigenvalue weighted by Crippen LogP contribution is -2.35. The van der Waals surface area contributed by atoms with E-state index in [0.29, 0.717) is 13.1 Å². The topological polar surface area (TPSA) is 70.1 Å². The van der Waals surface area contributed by atoms with Crippen molar-refractivity contribution in [3.8, 4) is 6.07 Å². The monoisotopic (exact) mass is 263 g/mol. The maximum atomic E-state index is 13.4. The van der Waals surface area contributed by atoms with E-state index in [0.717, 1.165) is 0 Å². The molecule has 0 saturated carbocycles. The van der Waals surface area contributed by atoms with Crippen LogP contribution in [0.3, 0.4) is 0 Å². The van der Waals surface area contributed by atoms with Gasteiger partial charge in [-0.05, 0) is 18.1 Å². The van der Waals surface area contributed by atoms with Gasteiger partial charge in [-0.1, -0.05) is 19.9 Å². The molecule has 0 atom stereocenters. The zero-order valence-corrected chi connectivity index (χ0v) is 11.2. The number of nitrogens with zero attached hydrogens (tertiary/aromatic N) is 2. The zero-order chi connectivity index (χ0) is 14.4. The number of amides is 1. The summed E-state index contributed by atoms with van der Waals surface area (Å²) >= 11 is 0. The van der Waals surface area contributed by atoms with Crippen molar-refractivity contribution >= 4 is 11.6 Å². The lowest BCUT2D eigenvalue weighted by Gasteiger charge is -2.24. The van der Waals surface area contributed by atoms with Crippen LogP contribution in [0.4, 0.5) is 10.1 Å². The van der Waals surface area contributed by atoms with Crippen LogP contribution in [0.25, 0.3) is 0 Å². The molecule has 0 aromatic heterocycles. The number of halogens is 1. The Morgan fingerprint density at radius 1 is 1.53 bits per heavy atom. The van der Waals surface area contributed by atoms with E-state index in [9.17, 15) is 9.18 Å². The summed E-state index contributed by atoms with van der Waals surface area (Å²) in [5, 5.41) is 8.63. The van der Waals surface area contributed by atoms with E-state index in [2.05, 4.69) is 0 Å². The van der Waals surface area contributed by atoms with E-state index in [1.54, 1.807) is 4.90 Å². The van der Waals surface area contributed by atoms with Gasteiger partial charge in [-0.2, -0.15) is 5.26 Å². The lowest BCUT2D eigenvalue weighted by molar-refractivity contribution is 0.0740. The van der Waals surface area contributed by atoms with E-state index in [-0.39, 0.29) is 29.5 Å². The number of carbonyl (C=O) groups excluding carboxylic acids is 1. The fourth-order valence-electron chi connectivity index (χ4n) is 1.80. The molecule has 1 aromatic carbocycles. The molecule has 0 unspecified atom stereocenters. The number of para-hydroxylation sites is 1. The fourth-order valence-corrected chi connectivity index (χ4v) is 1.80. The molecule has 19 heavy (non-hydrogen) atoms. The van der Waals surface area contributed by atoms with Gasteiger partial charge in [0.15, 0.2) is 0 Å². The highest BCUT2D eigenvalue weighted by Gasteiger charge is 2.20. The average Bonchev–Trinajstić information content (AvgIpc) is 2.36. The average molecular weight is 263 g/mol. The molecule has 0 aliphatic rings. The first-order valence-corrected chi connectivity index (χ1v) is 6.17. The number of nitrogen functional groups attached to an aromatic ring is 1. The summed E-state index contributed by atoms with van der Waals surface area (Å²) in [7, 11) is 0. The van der Waals surface area contributed by atoms with Crippen LogP contribution in [0.5, 0.6) is 0 Å². The van der Waals surface area contributed by atoms with Crippen LogP contribution in [0.15, 0.2) is 18.2 Å². The molecule has 1 amide bonds. The smallest absolute Gasteiger partial charge is 0.256 e. The van der Waals surface area contributed by atoms with Crippen LogP contribution >= 0.6 is 0 Å². The molecule has 1 aromatic rings. The highest BCUT2D eigenvalue weighted by Crippen LogP contribution is 2.18. The molecule has 102 valence electrons. The van der Waals surface area contributed by atoms with Crippen molar-refractivity contribution in [2.45, 2.75) is 20.3 Å². The van der Waals surface area contributed by atoms with Crippen LogP contribution in [0.2, 0.25) is 0 Å². The van der Waals surface area contributed by atoms with Crippen molar-refractivity contribution < 1.29 is 9.18 Å². The number of carbonyl (C=O) groups is 1. The van der Waals surface area contributed by atoms with Crippen molar-refractivity contribution in [2.75, 3.05) is 18.8 Å². The molecule has 0 bridgehead atoms. The molecule has 2 N–H and O–H groups in total. The second-order valence-electron chi connectivity index (χ2n) is 4.75. The first kappa shape index (κ1) is 15.0. The third kappa shape index (κ3) is 3.95. The first-order chi connectivity index (χ1) is 8.97. The van der Waals surface area contributed by atoms with Crippen molar-refractivity contribution in [3.05, 3.63) is 29.6 Å². The van der Waals surface area contributed by atoms with Gasteiger partial charge in [0.1, 0.15) is 5.82 Å². The van der Waals surface area contributed by atoms with Gasteiger partial charge in [-0.25, -0.2) is 4.39 Å².